The van der Waals surface area contributed by atoms with Gasteiger partial charge in [-0.05, 0) is 52.5 Å². The summed E-state index contributed by atoms with van der Waals surface area (Å²) in [5, 5.41) is 11.5. The van der Waals surface area contributed by atoms with Crippen molar-refractivity contribution < 1.29 is 29.0 Å². The summed E-state index contributed by atoms with van der Waals surface area (Å²) in [5.74, 6) is -1.69. The Hall–Kier alpha value is -2.21. The van der Waals surface area contributed by atoms with Crippen LogP contribution in [0.15, 0.2) is 34.9 Å². The Balaban J connectivity index is 2.13. The quantitative estimate of drug-likeness (QED) is 0.542. The van der Waals surface area contributed by atoms with Crippen LogP contribution in [0.2, 0.25) is 0 Å². The van der Waals surface area contributed by atoms with E-state index in [-0.39, 0.29) is 17.6 Å². The molecule has 3 saturated carbocycles. The van der Waals surface area contributed by atoms with Crippen LogP contribution in [0.4, 0.5) is 0 Å². The number of hydrogen-bond donors (Lipinski definition) is 1. The average molecular weight is 431 g/mol. The molecule has 31 heavy (non-hydrogen) atoms. The number of aliphatic hydroxyl groups is 1. The van der Waals surface area contributed by atoms with Gasteiger partial charge in [0.05, 0.1) is 0 Å². The lowest BCUT2D eigenvalue weighted by atomic mass is 9.37. The lowest BCUT2D eigenvalue weighted by Crippen LogP contribution is -2.68. The molecule has 0 aromatic heterocycles. The molecule has 4 rings (SSSR count). The van der Waals surface area contributed by atoms with Gasteiger partial charge < -0.3 is 14.6 Å². The highest BCUT2D eigenvalue weighted by atomic mass is 16.6. The second kappa shape index (κ2) is 7.73. The van der Waals surface area contributed by atoms with Crippen molar-refractivity contribution in [3.05, 3.63) is 34.9 Å². The molecule has 3 unspecified atom stereocenters. The number of ketones is 1. The third kappa shape index (κ3) is 3.22. The Bertz CT molecular complexity index is 907. The van der Waals surface area contributed by atoms with Crippen LogP contribution in [0, 0.1) is 28.6 Å². The van der Waals surface area contributed by atoms with Crippen molar-refractivity contribution in [1.82, 2.24) is 0 Å². The van der Waals surface area contributed by atoms with E-state index in [1.807, 2.05) is 27.7 Å². The molecule has 1 N–H and O–H groups in total. The Kier molecular flexibility index (Phi) is 5.85. The molecule has 0 spiro atoms. The third-order valence-corrected chi connectivity index (χ3v) is 8.03. The Morgan fingerprint density at radius 1 is 0.968 bits per heavy atom. The fourth-order valence-corrected chi connectivity index (χ4v) is 6.14. The number of aliphatic hydroxyl groups excluding tert-OH is 1. The molecule has 0 aromatic carbocycles. The van der Waals surface area contributed by atoms with E-state index in [2.05, 4.69) is 0 Å². The van der Waals surface area contributed by atoms with Crippen molar-refractivity contribution in [3.63, 3.8) is 0 Å². The van der Waals surface area contributed by atoms with Gasteiger partial charge in [0, 0.05) is 27.9 Å². The zero-order valence-electron chi connectivity index (χ0n) is 19.7. The molecule has 170 valence electrons. The minimum Gasteiger partial charge on any atom is -0.456 e. The molecule has 0 aromatic rings. The lowest BCUT2D eigenvalue weighted by molar-refractivity contribution is -0.208. The van der Waals surface area contributed by atoms with Gasteiger partial charge in [-0.25, -0.2) is 9.59 Å². The van der Waals surface area contributed by atoms with Crippen molar-refractivity contribution in [2.45, 2.75) is 73.7 Å². The minimum atomic E-state index is -1.27. The second-order valence-electron chi connectivity index (χ2n) is 10.0. The van der Waals surface area contributed by atoms with Crippen LogP contribution >= 0.6 is 0 Å². The highest BCUT2D eigenvalue weighted by Crippen LogP contribution is 2.72. The normalized spacial score (nSPS) is 39.1. The van der Waals surface area contributed by atoms with Gasteiger partial charge in [-0.3, -0.25) is 4.79 Å². The smallest absolute Gasteiger partial charge is 0.333 e. The molecular formula is C25H34O6. The molecule has 4 bridgehead atoms. The topological polar surface area (TPSA) is 89.9 Å². The van der Waals surface area contributed by atoms with Crippen LogP contribution < -0.4 is 0 Å². The first kappa shape index (κ1) is 23.5. The maximum atomic E-state index is 13.1. The van der Waals surface area contributed by atoms with Crippen molar-refractivity contribution >= 4 is 17.7 Å². The average Bonchev–Trinajstić information content (AvgIpc) is 2.78. The molecular weight excluding hydrogens is 396 g/mol. The van der Waals surface area contributed by atoms with Gasteiger partial charge in [0.15, 0.2) is 5.78 Å². The first-order valence-electron chi connectivity index (χ1n) is 10.9. The standard InChI is InChI=1S/C25H34O6/c1-9-12(3)22(28)30-20-19(27)21(31-23(29)13(4)10-2)25(8)16-14(5)11-15(26)17(25)18(16)24(20,6)7/h9-11,16-21,27H,1-8H3/b12-9-,13-10-/t16?,17?,18?,19-,20-,21-,25-/m1/s1. The van der Waals surface area contributed by atoms with Gasteiger partial charge in [0.25, 0.3) is 0 Å². The fourth-order valence-electron chi connectivity index (χ4n) is 6.14. The SMILES string of the molecule is C/C=C(/C)C(=O)O[C@@H]1[C@@H](O)[C@@H](OC(=O)/C(C)=C\C)[C@@]2(C)C3C(=O)C=C(C)C2C3C1(C)C. The Morgan fingerprint density at radius 2 is 1.45 bits per heavy atom. The number of allylic oxidation sites excluding steroid dienone is 4. The maximum absolute atomic E-state index is 13.1. The Labute approximate surface area is 184 Å². The molecule has 0 saturated heterocycles. The fraction of sp³-hybridized carbons (Fsp3) is 0.640. The van der Waals surface area contributed by atoms with Gasteiger partial charge in [-0.1, -0.05) is 38.5 Å². The van der Waals surface area contributed by atoms with E-state index in [1.165, 1.54) is 0 Å². The third-order valence-electron chi connectivity index (χ3n) is 8.03. The summed E-state index contributed by atoms with van der Waals surface area (Å²) in [5.41, 5.74) is 0.284. The van der Waals surface area contributed by atoms with E-state index < -0.39 is 47.0 Å². The summed E-state index contributed by atoms with van der Waals surface area (Å²) >= 11 is 0. The first-order valence-corrected chi connectivity index (χ1v) is 10.9. The van der Waals surface area contributed by atoms with E-state index in [9.17, 15) is 19.5 Å². The minimum absolute atomic E-state index is 0.0202. The molecule has 6 nitrogen and oxygen atoms in total. The highest BCUT2D eigenvalue weighted by Gasteiger charge is 2.76. The molecule has 0 heterocycles. The summed E-state index contributed by atoms with van der Waals surface area (Å²) in [6.45, 7) is 14.5. The number of esters is 2. The molecule has 6 heteroatoms. The molecule has 4 aliphatic carbocycles. The lowest BCUT2D eigenvalue weighted by Gasteiger charge is -2.65. The molecule has 7 atom stereocenters. The van der Waals surface area contributed by atoms with Crippen LogP contribution in [0.5, 0.6) is 0 Å². The molecule has 0 aliphatic heterocycles. The summed E-state index contributed by atoms with van der Waals surface area (Å²) < 4.78 is 11.7. The van der Waals surface area contributed by atoms with E-state index in [0.717, 1.165) is 5.57 Å². The summed E-state index contributed by atoms with van der Waals surface area (Å²) in [7, 11) is 0. The molecule has 0 radical (unpaired) electrons. The van der Waals surface area contributed by atoms with Crippen LogP contribution in [-0.4, -0.2) is 41.1 Å². The van der Waals surface area contributed by atoms with Crippen LogP contribution in [0.1, 0.15) is 55.4 Å². The van der Waals surface area contributed by atoms with Crippen LogP contribution in [-0.2, 0) is 23.9 Å². The Morgan fingerprint density at radius 3 is 1.90 bits per heavy atom. The number of fused-ring (bicyclic) bond motifs is 3. The summed E-state index contributed by atoms with van der Waals surface area (Å²) in [4.78, 5) is 38.5. The molecule has 0 amide bonds. The zero-order valence-corrected chi connectivity index (χ0v) is 19.7. The number of hydrogen-bond acceptors (Lipinski definition) is 6. The zero-order chi connectivity index (χ0) is 23.5. The van der Waals surface area contributed by atoms with Gasteiger partial charge in [-0.15, -0.1) is 0 Å². The number of rotatable bonds is 4. The monoisotopic (exact) mass is 430 g/mol. The van der Waals surface area contributed by atoms with Crippen molar-refractivity contribution in [2.75, 3.05) is 0 Å². The predicted octanol–water partition coefficient (Wildman–Crippen LogP) is 3.54. The largest absolute Gasteiger partial charge is 0.456 e. The predicted molar refractivity (Wildman–Crippen MR) is 116 cm³/mol. The summed E-state index contributed by atoms with van der Waals surface area (Å²) in [6.07, 6.45) is 1.78. The van der Waals surface area contributed by atoms with Crippen molar-refractivity contribution in [3.8, 4) is 0 Å². The van der Waals surface area contributed by atoms with Gasteiger partial charge >= 0.3 is 11.9 Å². The van der Waals surface area contributed by atoms with Gasteiger partial charge in [0.2, 0.25) is 0 Å². The number of carbonyl (C=O) groups excluding carboxylic acids is 3. The van der Waals surface area contributed by atoms with E-state index in [4.69, 9.17) is 9.47 Å². The molecule has 4 aliphatic rings. The maximum Gasteiger partial charge on any atom is 0.333 e. The highest BCUT2D eigenvalue weighted by molar-refractivity contribution is 5.97. The summed E-state index contributed by atoms with van der Waals surface area (Å²) in [6, 6.07) is 0. The molecule has 3 fully saturated rings. The van der Waals surface area contributed by atoms with E-state index >= 15 is 0 Å². The van der Waals surface area contributed by atoms with Crippen molar-refractivity contribution in [1.29, 1.82) is 0 Å². The second-order valence-corrected chi connectivity index (χ2v) is 10.0. The van der Waals surface area contributed by atoms with Crippen LogP contribution in [0.3, 0.4) is 0 Å². The van der Waals surface area contributed by atoms with Gasteiger partial charge in [0.1, 0.15) is 18.3 Å². The first-order chi connectivity index (χ1) is 14.3. The van der Waals surface area contributed by atoms with E-state index in [0.29, 0.717) is 11.1 Å². The van der Waals surface area contributed by atoms with Gasteiger partial charge in [-0.2, -0.15) is 0 Å². The number of ether oxygens (including phenoxy) is 2. The number of carbonyl (C=O) groups is 3. The van der Waals surface area contributed by atoms with Crippen LogP contribution in [0.25, 0.3) is 0 Å². The van der Waals surface area contributed by atoms with E-state index in [1.54, 1.807) is 45.9 Å². The van der Waals surface area contributed by atoms with Crippen molar-refractivity contribution in [2.24, 2.45) is 28.6 Å².